The molecule has 0 radical (unpaired) electrons. The van der Waals surface area contributed by atoms with Gasteiger partial charge in [-0.15, -0.1) is 0 Å². The van der Waals surface area contributed by atoms with Crippen molar-refractivity contribution < 1.29 is 8.94 Å². The van der Waals surface area contributed by atoms with Crippen LogP contribution in [0.1, 0.15) is 50.2 Å². The second kappa shape index (κ2) is 6.62. The van der Waals surface area contributed by atoms with E-state index in [0.717, 1.165) is 50.2 Å². The lowest BCUT2D eigenvalue weighted by Gasteiger charge is -2.36. The Balaban J connectivity index is 1.53. The van der Waals surface area contributed by atoms with E-state index < -0.39 is 0 Å². The molecule has 0 saturated carbocycles. The fourth-order valence-electron chi connectivity index (χ4n) is 2.74. The summed E-state index contributed by atoms with van der Waals surface area (Å²) in [6.07, 6.45) is 1.73. The fraction of sp³-hybridized carbons (Fsp3) is 0.625. The number of hydrogen-bond donors (Lipinski definition) is 0. The quantitative estimate of drug-likeness (QED) is 0.846. The van der Waals surface area contributed by atoms with Crippen LogP contribution in [0.2, 0.25) is 0 Å². The Kier molecular flexibility index (Phi) is 4.59. The number of hydrogen-bond acceptors (Lipinski definition) is 6. The minimum absolute atomic E-state index is 0.172. The zero-order valence-electron chi connectivity index (χ0n) is 13.5. The highest BCUT2D eigenvalue weighted by Gasteiger charge is 2.26. The minimum Gasteiger partial charge on any atom is -0.468 e. The number of furan rings is 1. The maximum absolute atomic E-state index is 5.42. The van der Waals surface area contributed by atoms with Crippen molar-refractivity contribution in [3.63, 3.8) is 0 Å². The standard InChI is InChI=1S/C16H24N4O2/c1-12(2)15-17-16(22-18-15)13(3)20-8-6-19(7-9-20)11-14-5-4-10-21-14/h4-5,10,12-13H,6-9,11H2,1-3H3/t13-/m0/s1. The van der Waals surface area contributed by atoms with Gasteiger partial charge < -0.3 is 8.94 Å². The maximum atomic E-state index is 5.42. The summed E-state index contributed by atoms with van der Waals surface area (Å²) < 4.78 is 10.8. The van der Waals surface area contributed by atoms with E-state index in [1.54, 1.807) is 6.26 Å². The van der Waals surface area contributed by atoms with E-state index in [0.29, 0.717) is 5.92 Å². The summed E-state index contributed by atoms with van der Waals surface area (Å²) in [5.41, 5.74) is 0. The molecule has 0 bridgehead atoms. The van der Waals surface area contributed by atoms with Crippen LogP contribution in [0.15, 0.2) is 27.3 Å². The lowest BCUT2D eigenvalue weighted by molar-refractivity contribution is 0.0808. The Morgan fingerprint density at radius 3 is 2.55 bits per heavy atom. The summed E-state index contributed by atoms with van der Waals surface area (Å²) in [6, 6.07) is 4.14. The van der Waals surface area contributed by atoms with Crippen LogP contribution < -0.4 is 0 Å². The first-order valence-corrected chi connectivity index (χ1v) is 7.95. The number of piperazine rings is 1. The lowest BCUT2D eigenvalue weighted by atomic mass is 10.2. The van der Waals surface area contributed by atoms with Crippen molar-refractivity contribution >= 4 is 0 Å². The van der Waals surface area contributed by atoms with Crippen LogP contribution in [-0.4, -0.2) is 46.1 Å². The van der Waals surface area contributed by atoms with Gasteiger partial charge >= 0.3 is 0 Å². The highest BCUT2D eigenvalue weighted by molar-refractivity contribution is 4.99. The Labute approximate surface area is 131 Å². The molecule has 0 unspecified atom stereocenters. The highest BCUT2D eigenvalue weighted by Crippen LogP contribution is 2.22. The van der Waals surface area contributed by atoms with Crippen LogP contribution in [0.4, 0.5) is 0 Å². The molecule has 6 nitrogen and oxygen atoms in total. The largest absolute Gasteiger partial charge is 0.468 e. The van der Waals surface area contributed by atoms with Crippen molar-refractivity contribution in [3.8, 4) is 0 Å². The van der Waals surface area contributed by atoms with Crippen molar-refractivity contribution in [1.29, 1.82) is 0 Å². The number of aromatic nitrogens is 2. The second-order valence-electron chi connectivity index (χ2n) is 6.21. The summed E-state index contributed by atoms with van der Waals surface area (Å²) in [5, 5.41) is 4.06. The third kappa shape index (κ3) is 3.39. The van der Waals surface area contributed by atoms with Crippen molar-refractivity contribution in [1.82, 2.24) is 19.9 Å². The monoisotopic (exact) mass is 304 g/mol. The van der Waals surface area contributed by atoms with Crippen molar-refractivity contribution in [3.05, 3.63) is 35.9 Å². The van der Waals surface area contributed by atoms with Crippen LogP contribution in [0, 0.1) is 0 Å². The molecule has 0 aliphatic carbocycles. The molecule has 6 heteroatoms. The first-order chi connectivity index (χ1) is 10.6. The Hall–Kier alpha value is -1.66. The van der Waals surface area contributed by atoms with Gasteiger partial charge in [0.1, 0.15) is 5.76 Å². The van der Waals surface area contributed by atoms with Gasteiger partial charge in [0.15, 0.2) is 5.82 Å². The number of rotatable bonds is 5. The van der Waals surface area contributed by atoms with E-state index in [1.165, 1.54) is 0 Å². The van der Waals surface area contributed by atoms with Gasteiger partial charge in [-0.25, -0.2) is 0 Å². The second-order valence-corrected chi connectivity index (χ2v) is 6.21. The van der Waals surface area contributed by atoms with E-state index in [1.807, 2.05) is 12.1 Å². The van der Waals surface area contributed by atoms with Gasteiger partial charge in [0, 0.05) is 32.1 Å². The van der Waals surface area contributed by atoms with Crippen LogP contribution in [0.3, 0.4) is 0 Å². The highest BCUT2D eigenvalue weighted by atomic mass is 16.5. The molecular weight excluding hydrogens is 280 g/mol. The molecule has 1 atom stereocenters. The summed E-state index contributed by atoms with van der Waals surface area (Å²) in [6.45, 7) is 11.2. The molecule has 1 fully saturated rings. The Bertz CT molecular complexity index is 571. The summed E-state index contributed by atoms with van der Waals surface area (Å²) in [5.74, 6) is 2.84. The zero-order valence-corrected chi connectivity index (χ0v) is 13.5. The molecule has 0 spiro atoms. The van der Waals surface area contributed by atoms with Gasteiger partial charge in [-0.2, -0.15) is 4.98 Å². The van der Waals surface area contributed by atoms with E-state index in [-0.39, 0.29) is 6.04 Å². The van der Waals surface area contributed by atoms with Crippen LogP contribution in [0.5, 0.6) is 0 Å². The lowest BCUT2D eigenvalue weighted by Crippen LogP contribution is -2.46. The summed E-state index contributed by atoms with van der Waals surface area (Å²) in [7, 11) is 0. The Morgan fingerprint density at radius 1 is 1.18 bits per heavy atom. The molecule has 0 N–H and O–H groups in total. The maximum Gasteiger partial charge on any atom is 0.243 e. The van der Waals surface area contributed by atoms with Gasteiger partial charge in [-0.3, -0.25) is 9.80 Å². The van der Waals surface area contributed by atoms with Gasteiger partial charge in [0.25, 0.3) is 0 Å². The summed E-state index contributed by atoms with van der Waals surface area (Å²) in [4.78, 5) is 9.33. The first-order valence-electron chi connectivity index (χ1n) is 7.95. The molecule has 0 aromatic carbocycles. The van der Waals surface area contributed by atoms with Crippen LogP contribution in [0.25, 0.3) is 0 Å². The minimum atomic E-state index is 0.172. The van der Waals surface area contributed by atoms with E-state index in [2.05, 4.69) is 40.7 Å². The average molecular weight is 304 g/mol. The van der Waals surface area contributed by atoms with Gasteiger partial charge in [-0.1, -0.05) is 19.0 Å². The van der Waals surface area contributed by atoms with Gasteiger partial charge in [-0.05, 0) is 19.1 Å². The molecule has 120 valence electrons. The molecule has 1 saturated heterocycles. The van der Waals surface area contributed by atoms with Gasteiger partial charge in [0.05, 0.1) is 18.8 Å². The van der Waals surface area contributed by atoms with E-state index >= 15 is 0 Å². The molecule has 2 aromatic heterocycles. The van der Waals surface area contributed by atoms with Crippen LogP contribution >= 0.6 is 0 Å². The number of nitrogens with zero attached hydrogens (tertiary/aromatic N) is 4. The van der Waals surface area contributed by atoms with Gasteiger partial charge in [0.2, 0.25) is 5.89 Å². The topological polar surface area (TPSA) is 58.5 Å². The van der Waals surface area contributed by atoms with E-state index in [4.69, 9.17) is 8.94 Å². The molecule has 2 aromatic rings. The average Bonchev–Trinajstić information content (AvgIpc) is 3.18. The molecule has 22 heavy (non-hydrogen) atoms. The molecule has 1 aliphatic rings. The van der Waals surface area contributed by atoms with Crippen molar-refractivity contribution in [2.45, 2.75) is 39.3 Å². The molecule has 3 heterocycles. The molecular formula is C16H24N4O2. The SMILES string of the molecule is CC(C)c1noc([C@H](C)N2CCN(Cc3ccco3)CC2)n1. The first kappa shape index (κ1) is 15.2. The van der Waals surface area contributed by atoms with Crippen LogP contribution in [-0.2, 0) is 6.54 Å². The van der Waals surface area contributed by atoms with E-state index in [9.17, 15) is 0 Å². The molecule has 1 aliphatic heterocycles. The third-order valence-corrected chi connectivity index (χ3v) is 4.25. The zero-order chi connectivity index (χ0) is 15.5. The Morgan fingerprint density at radius 2 is 1.95 bits per heavy atom. The predicted octanol–water partition coefficient (Wildman–Crippen LogP) is 2.66. The normalized spacial score (nSPS) is 18.9. The molecule has 0 amide bonds. The third-order valence-electron chi connectivity index (χ3n) is 4.25. The smallest absolute Gasteiger partial charge is 0.243 e. The summed E-state index contributed by atoms with van der Waals surface area (Å²) >= 11 is 0. The fourth-order valence-corrected chi connectivity index (χ4v) is 2.74. The molecule has 3 rings (SSSR count). The van der Waals surface area contributed by atoms with Crippen molar-refractivity contribution in [2.75, 3.05) is 26.2 Å². The predicted molar refractivity (Wildman–Crippen MR) is 82.4 cm³/mol. The van der Waals surface area contributed by atoms with Crippen molar-refractivity contribution in [2.24, 2.45) is 0 Å².